The Balaban J connectivity index is 4.65. The molecule has 0 spiro atoms. The van der Waals surface area contributed by atoms with Gasteiger partial charge in [-0.15, -0.1) is 11.6 Å². The van der Waals surface area contributed by atoms with Gasteiger partial charge in [0, 0.05) is 5.88 Å². The second kappa shape index (κ2) is 8.45. The van der Waals surface area contributed by atoms with Crippen molar-refractivity contribution in [2.45, 2.75) is 32.8 Å². The van der Waals surface area contributed by atoms with Crippen LogP contribution in [0.2, 0.25) is 0 Å². The van der Waals surface area contributed by atoms with Crippen molar-refractivity contribution >= 4 is 17.6 Å². The van der Waals surface area contributed by atoms with E-state index >= 15 is 0 Å². The van der Waals surface area contributed by atoms with Crippen molar-refractivity contribution in [3.63, 3.8) is 0 Å². The van der Waals surface area contributed by atoms with Crippen LogP contribution in [-0.2, 0) is 14.3 Å². The molecule has 0 fully saturated rings. The van der Waals surface area contributed by atoms with E-state index in [0.29, 0.717) is 12.3 Å². The largest absolute Gasteiger partial charge is 0.497 e. The van der Waals surface area contributed by atoms with Gasteiger partial charge in [-0.1, -0.05) is 20.4 Å². The molecule has 16 heavy (non-hydrogen) atoms. The SMILES string of the molecule is C=CO[C@H](C(C)C)[C@@H](CCCCl)C(=O)OC. The van der Waals surface area contributed by atoms with Gasteiger partial charge < -0.3 is 9.47 Å². The van der Waals surface area contributed by atoms with E-state index < -0.39 is 0 Å². The molecule has 0 heterocycles. The van der Waals surface area contributed by atoms with Crippen molar-refractivity contribution in [1.29, 1.82) is 0 Å². The number of carbonyl (C=O) groups is 1. The van der Waals surface area contributed by atoms with E-state index in [0.717, 1.165) is 6.42 Å². The number of esters is 1. The molecule has 0 radical (unpaired) electrons. The minimum Gasteiger partial charge on any atom is -0.497 e. The molecule has 0 unspecified atom stereocenters. The highest BCUT2D eigenvalue weighted by Crippen LogP contribution is 2.23. The van der Waals surface area contributed by atoms with E-state index in [-0.39, 0.29) is 23.9 Å². The van der Waals surface area contributed by atoms with Crippen LogP contribution in [-0.4, -0.2) is 25.1 Å². The maximum atomic E-state index is 11.7. The first-order valence-corrected chi connectivity index (χ1v) is 6.02. The van der Waals surface area contributed by atoms with Crippen molar-refractivity contribution in [1.82, 2.24) is 0 Å². The second-order valence-electron chi connectivity index (χ2n) is 3.97. The average Bonchev–Trinajstić information content (AvgIpc) is 2.27. The van der Waals surface area contributed by atoms with Crippen LogP contribution in [0, 0.1) is 11.8 Å². The first-order valence-electron chi connectivity index (χ1n) is 5.48. The summed E-state index contributed by atoms with van der Waals surface area (Å²) >= 11 is 5.64. The smallest absolute Gasteiger partial charge is 0.312 e. The van der Waals surface area contributed by atoms with Crippen LogP contribution in [0.25, 0.3) is 0 Å². The fourth-order valence-corrected chi connectivity index (χ4v) is 1.85. The summed E-state index contributed by atoms with van der Waals surface area (Å²) in [6.45, 7) is 7.54. The molecule has 3 nitrogen and oxygen atoms in total. The first kappa shape index (κ1) is 15.3. The zero-order valence-electron chi connectivity index (χ0n) is 10.2. The normalized spacial score (nSPS) is 14.3. The Hall–Kier alpha value is -0.700. The predicted molar refractivity (Wildman–Crippen MR) is 65.4 cm³/mol. The van der Waals surface area contributed by atoms with Crippen LogP contribution >= 0.6 is 11.6 Å². The minimum absolute atomic E-state index is 0.201. The molecular formula is C12H21ClO3. The van der Waals surface area contributed by atoms with E-state index in [9.17, 15) is 4.79 Å². The summed E-state index contributed by atoms with van der Waals surface area (Å²) in [7, 11) is 1.39. The summed E-state index contributed by atoms with van der Waals surface area (Å²) < 4.78 is 10.2. The number of halogens is 1. The van der Waals surface area contributed by atoms with E-state index in [1.807, 2.05) is 13.8 Å². The van der Waals surface area contributed by atoms with Crippen LogP contribution in [0.5, 0.6) is 0 Å². The van der Waals surface area contributed by atoms with Gasteiger partial charge in [0.2, 0.25) is 0 Å². The summed E-state index contributed by atoms with van der Waals surface area (Å²) in [5.74, 6) is 0.233. The molecule has 94 valence electrons. The van der Waals surface area contributed by atoms with Gasteiger partial charge in [-0.25, -0.2) is 0 Å². The summed E-state index contributed by atoms with van der Waals surface area (Å²) in [6.07, 6.45) is 2.62. The third-order valence-corrected chi connectivity index (χ3v) is 2.73. The van der Waals surface area contributed by atoms with Crippen LogP contribution in [0.4, 0.5) is 0 Å². The van der Waals surface area contributed by atoms with Crippen molar-refractivity contribution < 1.29 is 14.3 Å². The molecule has 0 saturated carbocycles. The molecule has 0 aromatic rings. The lowest BCUT2D eigenvalue weighted by atomic mass is 9.89. The lowest BCUT2D eigenvalue weighted by molar-refractivity contribution is -0.151. The zero-order chi connectivity index (χ0) is 12.6. The molecule has 0 aliphatic rings. The molecule has 0 bridgehead atoms. The van der Waals surface area contributed by atoms with Crippen molar-refractivity contribution in [3.05, 3.63) is 12.8 Å². The van der Waals surface area contributed by atoms with Gasteiger partial charge in [-0.2, -0.15) is 0 Å². The third-order valence-electron chi connectivity index (χ3n) is 2.46. The molecule has 0 aliphatic heterocycles. The van der Waals surface area contributed by atoms with Gasteiger partial charge in [0.15, 0.2) is 0 Å². The maximum Gasteiger partial charge on any atom is 0.312 e. The molecule has 4 heteroatoms. The number of hydrogen-bond acceptors (Lipinski definition) is 3. The lowest BCUT2D eigenvalue weighted by Crippen LogP contribution is -2.34. The first-order chi connectivity index (χ1) is 7.58. The number of ether oxygens (including phenoxy) is 2. The van der Waals surface area contributed by atoms with Gasteiger partial charge in [-0.3, -0.25) is 4.79 Å². The number of carbonyl (C=O) groups excluding carboxylic acids is 1. The third kappa shape index (κ3) is 4.88. The quantitative estimate of drug-likeness (QED) is 0.376. The molecule has 0 aromatic heterocycles. The Kier molecular flexibility index (Phi) is 8.08. The van der Waals surface area contributed by atoms with Crippen molar-refractivity contribution in [2.75, 3.05) is 13.0 Å². The van der Waals surface area contributed by atoms with Crippen LogP contribution < -0.4 is 0 Å². The Morgan fingerprint density at radius 2 is 2.12 bits per heavy atom. The maximum absolute atomic E-state index is 11.7. The average molecular weight is 249 g/mol. The van der Waals surface area contributed by atoms with E-state index in [2.05, 4.69) is 6.58 Å². The lowest BCUT2D eigenvalue weighted by Gasteiger charge is -2.27. The standard InChI is InChI=1S/C12H21ClO3/c1-5-16-11(9(2)3)10(7-6-8-13)12(14)15-4/h5,9-11H,1,6-8H2,2-4H3/t10-,11-/m1/s1. The van der Waals surface area contributed by atoms with E-state index in [4.69, 9.17) is 21.1 Å². The molecule has 2 atom stereocenters. The number of hydrogen-bond donors (Lipinski definition) is 0. The summed E-state index contributed by atoms with van der Waals surface area (Å²) in [5.41, 5.74) is 0. The van der Waals surface area contributed by atoms with Gasteiger partial charge in [0.25, 0.3) is 0 Å². The fraction of sp³-hybridized carbons (Fsp3) is 0.750. The Morgan fingerprint density at radius 1 is 1.50 bits per heavy atom. The molecule has 0 N–H and O–H groups in total. The van der Waals surface area contributed by atoms with Crippen molar-refractivity contribution in [2.24, 2.45) is 11.8 Å². The Bertz CT molecular complexity index is 216. The summed E-state index contributed by atoms with van der Waals surface area (Å²) in [4.78, 5) is 11.7. The second-order valence-corrected chi connectivity index (χ2v) is 4.35. The van der Waals surface area contributed by atoms with E-state index in [1.54, 1.807) is 0 Å². The van der Waals surface area contributed by atoms with Crippen LogP contribution in [0.15, 0.2) is 12.8 Å². The van der Waals surface area contributed by atoms with Gasteiger partial charge >= 0.3 is 5.97 Å². The summed E-state index contributed by atoms with van der Waals surface area (Å²) in [5, 5.41) is 0. The molecule has 0 saturated heterocycles. The van der Waals surface area contributed by atoms with Crippen molar-refractivity contribution in [3.8, 4) is 0 Å². The van der Waals surface area contributed by atoms with Crippen LogP contribution in [0.1, 0.15) is 26.7 Å². The highest BCUT2D eigenvalue weighted by atomic mass is 35.5. The van der Waals surface area contributed by atoms with Gasteiger partial charge in [-0.05, 0) is 18.8 Å². The topological polar surface area (TPSA) is 35.5 Å². The molecule has 0 aromatic carbocycles. The zero-order valence-corrected chi connectivity index (χ0v) is 11.0. The Morgan fingerprint density at radius 3 is 2.50 bits per heavy atom. The minimum atomic E-state index is -0.276. The molecule has 0 amide bonds. The molecule has 0 aliphatic carbocycles. The van der Waals surface area contributed by atoms with Gasteiger partial charge in [0.1, 0.15) is 6.10 Å². The highest BCUT2D eigenvalue weighted by molar-refractivity contribution is 6.17. The van der Waals surface area contributed by atoms with E-state index in [1.165, 1.54) is 13.4 Å². The monoisotopic (exact) mass is 248 g/mol. The predicted octanol–water partition coefficient (Wildman–Crippen LogP) is 2.98. The fourth-order valence-electron chi connectivity index (χ4n) is 1.69. The number of rotatable bonds is 8. The van der Waals surface area contributed by atoms with Crippen LogP contribution in [0.3, 0.4) is 0 Å². The number of alkyl halides is 1. The number of methoxy groups -OCH3 is 1. The summed E-state index contributed by atoms with van der Waals surface area (Å²) in [6, 6.07) is 0. The van der Waals surface area contributed by atoms with Gasteiger partial charge in [0.05, 0.1) is 19.3 Å². The molecule has 0 rings (SSSR count). The molecular weight excluding hydrogens is 228 g/mol. The highest BCUT2D eigenvalue weighted by Gasteiger charge is 2.31. The Labute approximate surface area is 103 Å².